The maximum absolute atomic E-state index is 12.8. The third-order valence-corrected chi connectivity index (χ3v) is 4.42. The summed E-state index contributed by atoms with van der Waals surface area (Å²) >= 11 is 0. The smallest absolute Gasteiger partial charge is 0.167 e. The van der Waals surface area contributed by atoms with Crippen molar-refractivity contribution < 1.29 is 4.79 Å². The lowest BCUT2D eigenvalue weighted by atomic mass is 10.0. The third-order valence-electron chi connectivity index (χ3n) is 4.42. The van der Waals surface area contributed by atoms with Crippen molar-refractivity contribution in [2.75, 3.05) is 20.6 Å². The van der Waals surface area contributed by atoms with Gasteiger partial charge in [-0.15, -0.1) is 0 Å². The number of carbonyl (C=O) groups is 1. The van der Waals surface area contributed by atoms with Gasteiger partial charge in [0.1, 0.15) is 5.82 Å². The summed E-state index contributed by atoms with van der Waals surface area (Å²) in [5, 5.41) is 0. The van der Waals surface area contributed by atoms with E-state index in [1.807, 2.05) is 68.8 Å². The molecule has 0 fully saturated rings. The second kappa shape index (κ2) is 9.83. The van der Waals surface area contributed by atoms with Gasteiger partial charge in [-0.05, 0) is 43.9 Å². The fourth-order valence-corrected chi connectivity index (χ4v) is 3.08. The zero-order chi connectivity index (χ0) is 20.6. The lowest BCUT2D eigenvalue weighted by Gasteiger charge is -2.13. The van der Waals surface area contributed by atoms with Gasteiger partial charge in [0.25, 0.3) is 0 Å². The number of nitrogens with zero attached hydrogens (tertiary/aromatic N) is 3. The minimum Gasteiger partial charge on any atom is -0.330 e. The van der Waals surface area contributed by atoms with Crippen LogP contribution in [0.15, 0.2) is 60.9 Å². The largest absolute Gasteiger partial charge is 0.330 e. The molecule has 29 heavy (non-hydrogen) atoms. The predicted molar refractivity (Wildman–Crippen MR) is 116 cm³/mol. The van der Waals surface area contributed by atoms with Crippen LogP contribution in [0.4, 0.5) is 0 Å². The summed E-state index contributed by atoms with van der Waals surface area (Å²) in [6.45, 7) is 1.28. The summed E-state index contributed by atoms with van der Waals surface area (Å²) in [5.74, 6) is 7.10. The van der Waals surface area contributed by atoms with Crippen LogP contribution in [0, 0.1) is 11.8 Å². The molecule has 0 saturated heterocycles. The molecule has 0 spiro atoms. The molecule has 0 atom stereocenters. The molecule has 5 heteroatoms. The zero-order valence-electron chi connectivity index (χ0n) is 16.9. The topological polar surface area (TPSA) is 64.2 Å². The fourth-order valence-electron chi connectivity index (χ4n) is 3.08. The van der Waals surface area contributed by atoms with Gasteiger partial charge in [-0.2, -0.15) is 0 Å². The van der Waals surface area contributed by atoms with Crippen LogP contribution in [0.25, 0.3) is 5.69 Å². The Bertz CT molecular complexity index is 1040. The Kier molecular flexibility index (Phi) is 6.96. The number of hydrogen-bond acceptors (Lipinski definition) is 4. The Hall–Kier alpha value is -3.20. The van der Waals surface area contributed by atoms with Crippen molar-refractivity contribution >= 4 is 5.78 Å². The average Bonchev–Trinajstić information content (AvgIpc) is 3.16. The third kappa shape index (κ3) is 5.64. The SMILES string of the molecule is CN(C)Cc1nccn1-c1cccc(CC(=O)c2cccc(C#CCCN)c2)c1. The molecule has 1 heterocycles. The zero-order valence-corrected chi connectivity index (χ0v) is 16.9. The normalized spacial score (nSPS) is 10.6. The quantitative estimate of drug-likeness (QED) is 0.501. The maximum atomic E-state index is 12.8. The number of benzene rings is 2. The van der Waals surface area contributed by atoms with Crippen molar-refractivity contribution in [2.45, 2.75) is 19.4 Å². The second-order valence-electron chi connectivity index (χ2n) is 7.14. The molecule has 0 aliphatic carbocycles. The van der Waals surface area contributed by atoms with Gasteiger partial charge in [0.05, 0.1) is 6.54 Å². The molecule has 0 saturated carbocycles. The lowest BCUT2D eigenvalue weighted by Crippen LogP contribution is -2.15. The summed E-state index contributed by atoms with van der Waals surface area (Å²) in [6, 6.07) is 15.5. The standard InChI is InChI=1S/C24H26N4O/c1-27(2)18-24-26-13-14-28(24)22-11-6-9-20(16-22)17-23(29)21-10-5-8-19(15-21)7-3-4-12-25/h5-6,8-11,13-16H,4,12,17-18,25H2,1-2H3. The molecule has 3 rings (SSSR count). The minimum atomic E-state index is 0.0729. The van der Waals surface area contributed by atoms with E-state index in [4.69, 9.17) is 5.73 Å². The number of nitrogens with two attached hydrogens (primary N) is 1. The van der Waals surface area contributed by atoms with Crippen LogP contribution < -0.4 is 5.73 Å². The molecule has 148 valence electrons. The van der Waals surface area contributed by atoms with Gasteiger partial charge < -0.3 is 15.2 Å². The molecule has 3 aromatic rings. The van der Waals surface area contributed by atoms with Gasteiger partial charge in [-0.25, -0.2) is 4.98 Å². The first-order chi connectivity index (χ1) is 14.1. The van der Waals surface area contributed by atoms with Crippen LogP contribution in [0.3, 0.4) is 0 Å². The van der Waals surface area contributed by atoms with Crippen molar-refractivity contribution in [3.63, 3.8) is 0 Å². The van der Waals surface area contributed by atoms with Gasteiger partial charge in [-0.1, -0.05) is 36.1 Å². The molecule has 1 aromatic heterocycles. The number of rotatable bonds is 7. The lowest BCUT2D eigenvalue weighted by molar-refractivity contribution is 0.0993. The van der Waals surface area contributed by atoms with Gasteiger partial charge in [-0.3, -0.25) is 4.79 Å². The average molecular weight is 386 g/mol. The predicted octanol–water partition coefficient (Wildman–Crippen LogP) is 3.06. The van der Waals surface area contributed by atoms with E-state index < -0.39 is 0 Å². The molecule has 2 N–H and O–H groups in total. The van der Waals surface area contributed by atoms with Gasteiger partial charge >= 0.3 is 0 Å². The van der Waals surface area contributed by atoms with Crippen molar-refractivity contribution in [2.24, 2.45) is 5.73 Å². The van der Waals surface area contributed by atoms with E-state index in [1.165, 1.54) is 0 Å². The van der Waals surface area contributed by atoms with E-state index in [-0.39, 0.29) is 5.78 Å². The highest BCUT2D eigenvalue weighted by molar-refractivity contribution is 5.97. The van der Waals surface area contributed by atoms with E-state index in [0.717, 1.165) is 29.2 Å². The van der Waals surface area contributed by atoms with Crippen LogP contribution in [0.2, 0.25) is 0 Å². The monoisotopic (exact) mass is 386 g/mol. The first-order valence-corrected chi connectivity index (χ1v) is 9.65. The highest BCUT2D eigenvalue weighted by Gasteiger charge is 2.10. The van der Waals surface area contributed by atoms with E-state index >= 15 is 0 Å². The van der Waals surface area contributed by atoms with E-state index in [1.54, 1.807) is 6.20 Å². The summed E-state index contributed by atoms with van der Waals surface area (Å²) in [6.07, 6.45) is 4.73. The molecular weight excluding hydrogens is 360 g/mol. The number of hydrogen-bond donors (Lipinski definition) is 1. The summed E-state index contributed by atoms with van der Waals surface area (Å²) in [5.41, 5.74) is 8.96. The first kappa shape index (κ1) is 20.5. The highest BCUT2D eigenvalue weighted by atomic mass is 16.1. The van der Waals surface area contributed by atoms with Crippen LogP contribution in [0.1, 0.15) is 33.7 Å². The van der Waals surface area contributed by atoms with Gasteiger partial charge in [0, 0.05) is 48.6 Å². The van der Waals surface area contributed by atoms with Gasteiger partial charge in [0.2, 0.25) is 0 Å². The second-order valence-corrected chi connectivity index (χ2v) is 7.14. The Morgan fingerprint density at radius 3 is 2.79 bits per heavy atom. The Balaban J connectivity index is 1.77. The van der Waals surface area contributed by atoms with Crippen molar-refractivity contribution in [3.8, 4) is 17.5 Å². The minimum absolute atomic E-state index is 0.0729. The molecule has 0 unspecified atom stereocenters. The number of aromatic nitrogens is 2. The molecule has 0 aliphatic heterocycles. The van der Waals surface area contributed by atoms with Crippen molar-refractivity contribution in [1.29, 1.82) is 0 Å². The molecule has 2 aromatic carbocycles. The van der Waals surface area contributed by atoms with Crippen LogP contribution >= 0.6 is 0 Å². The van der Waals surface area contributed by atoms with Crippen LogP contribution in [-0.2, 0) is 13.0 Å². The highest BCUT2D eigenvalue weighted by Crippen LogP contribution is 2.16. The summed E-state index contributed by atoms with van der Waals surface area (Å²) in [4.78, 5) is 19.3. The van der Waals surface area contributed by atoms with E-state index in [9.17, 15) is 4.79 Å². The summed E-state index contributed by atoms with van der Waals surface area (Å²) in [7, 11) is 4.03. The molecule has 0 bridgehead atoms. The number of carbonyl (C=O) groups excluding carboxylic acids is 1. The van der Waals surface area contributed by atoms with E-state index in [2.05, 4.69) is 26.3 Å². The van der Waals surface area contributed by atoms with Crippen molar-refractivity contribution in [1.82, 2.24) is 14.5 Å². The number of imidazole rings is 1. The first-order valence-electron chi connectivity index (χ1n) is 9.65. The Morgan fingerprint density at radius 2 is 2.00 bits per heavy atom. The molecule has 0 aliphatic rings. The Morgan fingerprint density at radius 1 is 1.17 bits per heavy atom. The Labute approximate surface area is 172 Å². The maximum Gasteiger partial charge on any atom is 0.167 e. The number of ketones is 1. The van der Waals surface area contributed by atoms with Gasteiger partial charge in [0.15, 0.2) is 5.78 Å². The molecule has 0 amide bonds. The number of Topliss-reactive ketones (excluding diaryl/α,β-unsaturated/α-hetero) is 1. The van der Waals surface area contributed by atoms with Crippen LogP contribution in [0.5, 0.6) is 0 Å². The molecule has 0 radical (unpaired) electrons. The summed E-state index contributed by atoms with van der Waals surface area (Å²) < 4.78 is 2.06. The van der Waals surface area contributed by atoms with Crippen molar-refractivity contribution in [3.05, 3.63) is 83.4 Å². The molecular formula is C24H26N4O. The molecule has 5 nitrogen and oxygen atoms in total. The van der Waals surface area contributed by atoms with E-state index in [0.29, 0.717) is 24.9 Å². The fraction of sp³-hybridized carbons (Fsp3) is 0.250. The van der Waals surface area contributed by atoms with Crippen LogP contribution in [-0.4, -0.2) is 40.9 Å².